The maximum Gasteiger partial charge on any atom is 0.337 e. The van der Waals surface area contributed by atoms with Gasteiger partial charge in [-0.05, 0) is 122 Å². The molecule has 0 bridgehead atoms. The summed E-state index contributed by atoms with van der Waals surface area (Å²) in [6, 6.07) is 26.4. The molecule has 4 aromatic carbocycles. The first-order valence-corrected chi connectivity index (χ1v) is 16.2. The Hall–Kier alpha value is -4.50. The number of benzene rings is 4. The van der Waals surface area contributed by atoms with Crippen molar-refractivity contribution in [1.82, 2.24) is 4.98 Å². The number of allylic oxidation sites excluding steroid dienone is 4. The van der Waals surface area contributed by atoms with Crippen molar-refractivity contribution < 1.29 is 9.90 Å². The van der Waals surface area contributed by atoms with Gasteiger partial charge in [0.25, 0.3) is 0 Å². The van der Waals surface area contributed by atoms with E-state index in [0.717, 1.165) is 31.4 Å². The minimum Gasteiger partial charge on any atom is -0.478 e. The van der Waals surface area contributed by atoms with Gasteiger partial charge in [0, 0.05) is 11.6 Å². The minimum atomic E-state index is -0.947. The third-order valence-electron chi connectivity index (χ3n) is 10.7. The Morgan fingerprint density at radius 1 is 0.778 bits per heavy atom. The third-order valence-corrected chi connectivity index (χ3v) is 10.7. The van der Waals surface area contributed by atoms with Gasteiger partial charge in [0.1, 0.15) is 0 Å². The number of fused-ring (bicyclic) bond motifs is 5. The van der Waals surface area contributed by atoms with E-state index in [2.05, 4.69) is 107 Å². The molecule has 0 amide bonds. The highest BCUT2D eigenvalue weighted by molar-refractivity contribution is 6.00. The van der Waals surface area contributed by atoms with Gasteiger partial charge in [0.2, 0.25) is 0 Å². The topological polar surface area (TPSA) is 50.2 Å². The van der Waals surface area contributed by atoms with Crippen LogP contribution in [0.2, 0.25) is 0 Å². The van der Waals surface area contributed by atoms with E-state index in [1.54, 1.807) is 11.6 Å². The number of nitrogens with zero attached hydrogens (tertiary/aromatic N) is 1. The van der Waals surface area contributed by atoms with Crippen molar-refractivity contribution in [2.24, 2.45) is 5.41 Å². The average molecular weight is 590 g/mol. The van der Waals surface area contributed by atoms with Gasteiger partial charge in [-0.15, -0.1) is 0 Å². The van der Waals surface area contributed by atoms with Crippen LogP contribution >= 0.6 is 0 Å². The van der Waals surface area contributed by atoms with Crippen LogP contribution in [0.4, 0.5) is 0 Å². The number of hydrogen-bond acceptors (Lipinski definition) is 2. The monoisotopic (exact) mass is 589 g/mol. The van der Waals surface area contributed by atoms with Crippen LogP contribution in [0.5, 0.6) is 0 Å². The summed E-state index contributed by atoms with van der Waals surface area (Å²) in [6.45, 7) is 11.8. The van der Waals surface area contributed by atoms with E-state index >= 15 is 0 Å². The lowest BCUT2D eigenvalue weighted by Crippen LogP contribution is -2.27. The van der Waals surface area contributed by atoms with Gasteiger partial charge >= 0.3 is 5.97 Å². The normalized spacial score (nSPS) is 19.0. The number of rotatable bonds is 4. The van der Waals surface area contributed by atoms with Crippen molar-refractivity contribution in [3.8, 4) is 11.1 Å². The zero-order chi connectivity index (χ0) is 31.3. The summed E-state index contributed by atoms with van der Waals surface area (Å²) < 4.78 is 0. The fourth-order valence-corrected chi connectivity index (χ4v) is 8.49. The Morgan fingerprint density at radius 3 is 2.27 bits per heavy atom. The molecule has 0 aliphatic heterocycles. The number of hydrogen-bond donors (Lipinski definition) is 1. The number of pyridine rings is 1. The van der Waals surface area contributed by atoms with Crippen molar-refractivity contribution in [2.75, 3.05) is 0 Å². The molecule has 3 aliphatic rings. The van der Waals surface area contributed by atoms with E-state index in [1.165, 1.54) is 66.7 Å². The highest BCUT2D eigenvalue weighted by atomic mass is 16.4. The summed E-state index contributed by atoms with van der Waals surface area (Å²) in [5.74, 6) is -0.947. The molecule has 5 aromatic rings. The summed E-state index contributed by atoms with van der Waals surface area (Å²) in [7, 11) is 0. The van der Waals surface area contributed by atoms with Crippen LogP contribution in [-0.4, -0.2) is 16.1 Å². The maximum atomic E-state index is 11.6. The number of aryl methyl sites for hydroxylation is 1. The minimum absolute atomic E-state index is 0.0445. The van der Waals surface area contributed by atoms with Crippen LogP contribution in [0.15, 0.2) is 96.7 Å². The van der Waals surface area contributed by atoms with Crippen molar-refractivity contribution >= 4 is 33.1 Å². The molecule has 224 valence electrons. The molecule has 45 heavy (non-hydrogen) atoms. The second-order valence-corrected chi connectivity index (χ2v) is 15.0. The zero-order valence-corrected chi connectivity index (χ0v) is 26.8. The predicted octanol–water partition coefficient (Wildman–Crippen LogP) is 10.6. The summed E-state index contributed by atoms with van der Waals surface area (Å²) in [4.78, 5) is 16.3. The van der Waals surface area contributed by atoms with Crippen LogP contribution in [0, 0.1) is 12.3 Å². The molecule has 0 spiro atoms. The molecule has 1 heterocycles. The van der Waals surface area contributed by atoms with E-state index in [1.807, 2.05) is 6.07 Å². The molecule has 8 rings (SSSR count). The first kappa shape index (κ1) is 28.0. The molecule has 0 unspecified atom stereocenters. The molecule has 3 heteroatoms. The molecule has 1 aromatic heterocycles. The van der Waals surface area contributed by atoms with Gasteiger partial charge in [0.05, 0.1) is 11.3 Å². The summed E-state index contributed by atoms with van der Waals surface area (Å²) >= 11 is 0. The molecule has 3 aliphatic carbocycles. The number of carboxylic acid groups (broad SMARTS) is 1. The quantitative estimate of drug-likeness (QED) is 0.227. The molecular weight excluding hydrogens is 550 g/mol. The molecule has 1 fully saturated rings. The standard InChI is InChI=1S/C42H39NO2/c1-25-20-35-27(11-14-32-30-16-17-40(2,3)22-29(30)23-41(4,5)37(32)35)21-34(25)33-13-10-26-8-6-7-9-31(26)38(33)42(18-19-42)36-15-12-28(24-43-36)39(44)45/h6-17,20-21,24H,18-19,22-23H2,1-5H3,(H,44,45). The maximum absolute atomic E-state index is 11.6. The van der Waals surface area contributed by atoms with Crippen molar-refractivity contribution in [1.29, 1.82) is 0 Å². The van der Waals surface area contributed by atoms with Crippen LogP contribution in [-0.2, 0) is 10.8 Å². The number of carboxylic acids is 1. The summed E-state index contributed by atoms with van der Waals surface area (Å²) in [6.07, 6.45) is 10.5. The van der Waals surface area contributed by atoms with Crippen LogP contribution in [0.3, 0.4) is 0 Å². The number of carbonyl (C=O) groups is 1. The Labute approximate surface area is 265 Å². The number of aromatic nitrogens is 1. The van der Waals surface area contributed by atoms with Crippen LogP contribution in [0.1, 0.15) is 91.7 Å². The first-order chi connectivity index (χ1) is 21.5. The smallest absolute Gasteiger partial charge is 0.337 e. The lowest BCUT2D eigenvalue weighted by molar-refractivity contribution is 0.0696. The van der Waals surface area contributed by atoms with E-state index in [-0.39, 0.29) is 21.8 Å². The van der Waals surface area contributed by atoms with Crippen molar-refractivity contribution in [3.63, 3.8) is 0 Å². The number of aromatic carboxylic acids is 1. The Bertz CT molecular complexity index is 2140. The van der Waals surface area contributed by atoms with E-state index in [4.69, 9.17) is 4.98 Å². The molecule has 1 saturated carbocycles. The second-order valence-electron chi connectivity index (χ2n) is 15.0. The Morgan fingerprint density at radius 2 is 1.53 bits per heavy atom. The zero-order valence-electron chi connectivity index (χ0n) is 26.8. The van der Waals surface area contributed by atoms with E-state index in [9.17, 15) is 9.90 Å². The van der Waals surface area contributed by atoms with Crippen molar-refractivity contribution in [2.45, 2.75) is 71.1 Å². The highest BCUT2D eigenvalue weighted by Gasteiger charge is 2.49. The third kappa shape index (κ3) is 4.31. The molecule has 3 nitrogen and oxygen atoms in total. The van der Waals surface area contributed by atoms with Crippen LogP contribution in [0.25, 0.3) is 38.2 Å². The SMILES string of the molecule is Cc1cc2c3c(ccc2cc1-c1ccc2ccccc2c1C1(c2ccc(C(=O)O)cn2)CC1)C1=C(CC(C)(C)C=C1)CC3(C)C. The fourth-order valence-electron chi connectivity index (χ4n) is 8.49. The van der Waals surface area contributed by atoms with Gasteiger partial charge in [-0.25, -0.2) is 4.79 Å². The second kappa shape index (κ2) is 9.50. The lowest BCUT2D eigenvalue weighted by atomic mass is 9.64. The van der Waals surface area contributed by atoms with Gasteiger partial charge in [-0.1, -0.05) is 100 Å². The largest absolute Gasteiger partial charge is 0.478 e. The van der Waals surface area contributed by atoms with Crippen LogP contribution < -0.4 is 0 Å². The van der Waals surface area contributed by atoms with E-state index in [0.29, 0.717) is 0 Å². The molecule has 1 N–H and O–H groups in total. The fraction of sp³-hybridized carbons (Fsp3) is 0.286. The summed E-state index contributed by atoms with van der Waals surface area (Å²) in [5, 5.41) is 14.6. The van der Waals surface area contributed by atoms with Crippen molar-refractivity contribution in [3.05, 3.63) is 130 Å². The van der Waals surface area contributed by atoms with Gasteiger partial charge in [-0.3, -0.25) is 4.98 Å². The molecule has 0 atom stereocenters. The first-order valence-electron chi connectivity index (χ1n) is 16.2. The van der Waals surface area contributed by atoms with Gasteiger partial charge in [-0.2, -0.15) is 0 Å². The predicted molar refractivity (Wildman–Crippen MR) is 185 cm³/mol. The van der Waals surface area contributed by atoms with Gasteiger partial charge in [0.15, 0.2) is 0 Å². The molecular formula is C42H39NO2. The molecule has 0 radical (unpaired) electrons. The Balaban J connectivity index is 1.33. The van der Waals surface area contributed by atoms with Gasteiger partial charge < -0.3 is 5.11 Å². The van der Waals surface area contributed by atoms with E-state index < -0.39 is 5.97 Å². The lowest BCUT2D eigenvalue weighted by Gasteiger charge is -2.40. The highest BCUT2D eigenvalue weighted by Crippen LogP contribution is 2.58. The molecule has 0 saturated heterocycles. The Kier molecular flexibility index (Phi) is 5.91. The summed E-state index contributed by atoms with van der Waals surface area (Å²) in [5.41, 5.74) is 12.2. The average Bonchev–Trinajstić information content (AvgIpc) is 3.81.